The summed E-state index contributed by atoms with van der Waals surface area (Å²) in [6, 6.07) is 7.83. The Morgan fingerprint density at radius 2 is 1.79 bits per heavy atom. The second-order valence-corrected chi connectivity index (χ2v) is 6.48. The SMILES string of the molecule is O=C(NCc1ccc(OC(F)(F)F)cc1)c1n[nH]c(-c2cc(Cl)c(O)c(Cl)c2)n1. The first-order chi connectivity index (χ1) is 13.6. The lowest BCUT2D eigenvalue weighted by Crippen LogP contribution is -2.24. The zero-order valence-corrected chi connectivity index (χ0v) is 15.7. The van der Waals surface area contributed by atoms with Gasteiger partial charge in [-0.05, 0) is 29.8 Å². The first-order valence-corrected chi connectivity index (χ1v) is 8.61. The molecule has 3 N–H and O–H groups in total. The fourth-order valence-electron chi connectivity index (χ4n) is 2.27. The maximum absolute atomic E-state index is 12.2. The minimum atomic E-state index is -4.77. The number of alkyl halides is 3. The first kappa shape index (κ1) is 20.7. The summed E-state index contributed by atoms with van der Waals surface area (Å²) in [5.41, 5.74) is 0.949. The molecule has 0 atom stereocenters. The fourth-order valence-corrected chi connectivity index (χ4v) is 2.75. The van der Waals surface area contributed by atoms with Gasteiger partial charge in [0.1, 0.15) is 5.75 Å². The molecule has 1 aromatic heterocycles. The summed E-state index contributed by atoms with van der Waals surface area (Å²) >= 11 is 11.7. The second kappa shape index (κ2) is 8.18. The summed E-state index contributed by atoms with van der Waals surface area (Å²) in [6.45, 7) is 0.0336. The van der Waals surface area contributed by atoms with Gasteiger partial charge in [0.15, 0.2) is 11.6 Å². The average Bonchev–Trinajstić information content (AvgIpc) is 3.14. The molecule has 12 heteroatoms. The van der Waals surface area contributed by atoms with Crippen molar-refractivity contribution in [3.8, 4) is 22.9 Å². The minimum absolute atomic E-state index is 0.00727. The van der Waals surface area contributed by atoms with Crippen LogP contribution in [0.2, 0.25) is 10.0 Å². The lowest BCUT2D eigenvalue weighted by molar-refractivity contribution is -0.274. The third-order valence-corrected chi connectivity index (χ3v) is 4.17. The van der Waals surface area contributed by atoms with Gasteiger partial charge in [0.2, 0.25) is 5.82 Å². The van der Waals surface area contributed by atoms with Crippen molar-refractivity contribution in [2.45, 2.75) is 12.9 Å². The van der Waals surface area contributed by atoms with Gasteiger partial charge >= 0.3 is 6.36 Å². The van der Waals surface area contributed by atoms with Gasteiger partial charge in [-0.3, -0.25) is 9.89 Å². The Morgan fingerprint density at radius 3 is 2.38 bits per heavy atom. The van der Waals surface area contributed by atoms with Crippen LogP contribution in [0.1, 0.15) is 16.2 Å². The van der Waals surface area contributed by atoms with Crippen molar-refractivity contribution < 1.29 is 27.8 Å². The van der Waals surface area contributed by atoms with Crippen LogP contribution < -0.4 is 10.1 Å². The second-order valence-electron chi connectivity index (χ2n) is 5.67. The predicted molar refractivity (Wildman–Crippen MR) is 97.8 cm³/mol. The van der Waals surface area contributed by atoms with Gasteiger partial charge in [0.05, 0.1) is 10.0 Å². The van der Waals surface area contributed by atoms with E-state index < -0.39 is 12.3 Å². The fraction of sp³-hybridized carbons (Fsp3) is 0.118. The molecule has 0 spiro atoms. The van der Waals surface area contributed by atoms with Gasteiger partial charge in [-0.25, -0.2) is 4.98 Å². The van der Waals surface area contributed by atoms with E-state index in [2.05, 4.69) is 25.2 Å². The number of hydrogen-bond donors (Lipinski definition) is 3. The summed E-state index contributed by atoms with van der Waals surface area (Å²) in [5.74, 6) is -1.22. The van der Waals surface area contributed by atoms with Gasteiger partial charge in [-0.15, -0.1) is 18.3 Å². The lowest BCUT2D eigenvalue weighted by atomic mass is 10.2. The number of hydrogen-bond acceptors (Lipinski definition) is 5. The Kier molecular flexibility index (Phi) is 5.85. The number of carbonyl (C=O) groups is 1. The van der Waals surface area contributed by atoms with Crippen LogP contribution in [0.3, 0.4) is 0 Å². The quantitative estimate of drug-likeness (QED) is 0.541. The molecule has 0 aliphatic heterocycles. The molecule has 2 aromatic carbocycles. The van der Waals surface area contributed by atoms with Crippen molar-refractivity contribution >= 4 is 29.1 Å². The number of aromatic hydroxyl groups is 1. The van der Waals surface area contributed by atoms with Crippen molar-refractivity contribution in [2.75, 3.05) is 0 Å². The molecule has 0 saturated carbocycles. The molecule has 29 heavy (non-hydrogen) atoms. The largest absolute Gasteiger partial charge is 0.573 e. The van der Waals surface area contributed by atoms with Crippen molar-refractivity contribution in [3.05, 3.63) is 57.8 Å². The first-order valence-electron chi connectivity index (χ1n) is 7.86. The number of nitrogens with one attached hydrogen (secondary N) is 2. The van der Waals surface area contributed by atoms with Crippen molar-refractivity contribution in [2.24, 2.45) is 0 Å². The number of amides is 1. The minimum Gasteiger partial charge on any atom is -0.505 e. The van der Waals surface area contributed by atoms with E-state index in [0.717, 1.165) is 12.1 Å². The van der Waals surface area contributed by atoms with E-state index in [0.29, 0.717) is 11.1 Å². The summed E-state index contributed by atoms with van der Waals surface area (Å²) in [7, 11) is 0. The molecule has 0 bridgehead atoms. The van der Waals surface area contributed by atoms with Crippen LogP contribution in [0.5, 0.6) is 11.5 Å². The number of ether oxygens (including phenoxy) is 1. The van der Waals surface area contributed by atoms with Gasteiger partial charge in [0, 0.05) is 12.1 Å². The normalized spacial score (nSPS) is 11.3. The topological polar surface area (TPSA) is 100 Å². The third-order valence-electron chi connectivity index (χ3n) is 3.59. The number of halogens is 5. The van der Waals surface area contributed by atoms with E-state index in [1.807, 2.05) is 0 Å². The standard InChI is InChI=1S/C17H11Cl2F3N4O3/c18-11-5-9(6-12(19)13(11)27)14-24-15(26-25-14)16(28)23-7-8-1-3-10(4-2-8)29-17(20,21)22/h1-6,27H,7H2,(H,23,28)(H,24,25,26). The van der Waals surface area contributed by atoms with Crippen LogP contribution in [0, 0.1) is 0 Å². The molecule has 7 nitrogen and oxygen atoms in total. The predicted octanol–water partition coefficient (Wildman–Crippen LogP) is 4.31. The number of phenolic OH excluding ortho intramolecular Hbond substituents is 1. The van der Waals surface area contributed by atoms with Crippen LogP contribution in [0.25, 0.3) is 11.4 Å². The van der Waals surface area contributed by atoms with E-state index in [1.54, 1.807) is 0 Å². The molecule has 1 heterocycles. The van der Waals surface area contributed by atoms with E-state index in [-0.39, 0.29) is 39.7 Å². The maximum Gasteiger partial charge on any atom is 0.573 e. The summed E-state index contributed by atoms with van der Waals surface area (Å²) in [6.07, 6.45) is -4.77. The molecular weight excluding hydrogens is 436 g/mol. The molecule has 0 saturated heterocycles. The van der Waals surface area contributed by atoms with Gasteiger partial charge < -0.3 is 15.2 Å². The molecule has 0 radical (unpaired) electrons. The Hall–Kier alpha value is -2.98. The molecular formula is C17H11Cl2F3N4O3. The van der Waals surface area contributed by atoms with Crippen LogP contribution in [-0.4, -0.2) is 32.6 Å². The molecule has 3 rings (SSSR count). The molecule has 0 unspecified atom stereocenters. The Labute approximate surface area is 171 Å². The number of benzene rings is 2. The van der Waals surface area contributed by atoms with E-state index in [9.17, 15) is 23.1 Å². The highest BCUT2D eigenvalue weighted by atomic mass is 35.5. The van der Waals surface area contributed by atoms with Gasteiger partial charge in [-0.2, -0.15) is 0 Å². The Balaban J connectivity index is 1.64. The molecule has 0 aliphatic rings. The zero-order valence-electron chi connectivity index (χ0n) is 14.2. The van der Waals surface area contributed by atoms with E-state index in [1.165, 1.54) is 24.3 Å². The van der Waals surface area contributed by atoms with Gasteiger partial charge in [-0.1, -0.05) is 35.3 Å². The molecule has 1 amide bonds. The van der Waals surface area contributed by atoms with Gasteiger partial charge in [0.25, 0.3) is 5.91 Å². The highest BCUT2D eigenvalue weighted by Gasteiger charge is 2.30. The Morgan fingerprint density at radius 1 is 1.17 bits per heavy atom. The van der Waals surface area contributed by atoms with Crippen LogP contribution in [-0.2, 0) is 6.54 Å². The summed E-state index contributed by atoms with van der Waals surface area (Å²) < 4.78 is 40.2. The van der Waals surface area contributed by atoms with E-state index in [4.69, 9.17) is 23.2 Å². The number of H-pyrrole nitrogens is 1. The number of nitrogens with zero attached hydrogens (tertiary/aromatic N) is 2. The zero-order chi connectivity index (χ0) is 21.2. The van der Waals surface area contributed by atoms with Crippen LogP contribution >= 0.6 is 23.2 Å². The highest BCUT2D eigenvalue weighted by molar-refractivity contribution is 6.37. The van der Waals surface area contributed by atoms with Crippen molar-refractivity contribution in [1.82, 2.24) is 20.5 Å². The molecule has 152 valence electrons. The maximum atomic E-state index is 12.2. The monoisotopic (exact) mass is 446 g/mol. The van der Waals surface area contributed by atoms with Crippen molar-refractivity contribution in [1.29, 1.82) is 0 Å². The average molecular weight is 447 g/mol. The molecule has 3 aromatic rings. The van der Waals surface area contributed by atoms with E-state index >= 15 is 0 Å². The lowest BCUT2D eigenvalue weighted by Gasteiger charge is -2.09. The third kappa shape index (κ3) is 5.30. The Bertz CT molecular complexity index is 1020. The van der Waals surface area contributed by atoms with Crippen molar-refractivity contribution in [3.63, 3.8) is 0 Å². The van der Waals surface area contributed by atoms with Crippen LogP contribution in [0.4, 0.5) is 13.2 Å². The number of rotatable bonds is 5. The van der Waals surface area contributed by atoms with Crippen LogP contribution in [0.15, 0.2) is 36.4 Å². The molecule has 0 fully saturated rings. The number of phenols is 1. The smallest absolute Gasteiger partial charge is 0.505 e. The number of aromatic nitrogens is 3. The highest BCUT2D eigenvalue weighted by Crippen LogP contribution is 2.35. The number of carbonyl (C=O) groups excluding carboxylic acids is 1. The number of aromatic amines is 1. The molecule has 0 aliphatic carbocycles. The summed E-state index contributed by atoms with van der Waals surface area (Å²) in [5, 5.41) is 18.5. The summed E-state index contributed by atoms with van der Waals surface area (Å²) in [4.78, 5) is 16.2.